The Bertz CT molecular complexity index is 3080. The molecule has 0 amide bonds. The van der Waals surface area contributed by atoms with Gasteiger partial charge in [0.2, 0.25) is 0 Å². The minimum Gasteiger partial charge on any atom is -0.456 e. The van der Waals surface area contributed by atoms with Crippen molar-refractivity contribution in [1.29, 1.82) is 0 Å². The first-order valence-corrected chi connectivity index (χ1v) is 18.4. The summed E-state index contributed by atoms with van der Waals surface area (Å²) in [4.78, 5) is 2.37. The van der Waals surface area contributed by atoms with Crippen molar-refractivity contribution in [3.8, 4) is 22.3 Å². The van der Waals surface area contributed by atoms with Gasteiger partial charge in [0.05, 0.1) is 0 Å². The average Bonchev–Trinajstić information content (AvgIpc) is 3.69. The van der Waals surface area contributed by atoms with Crippen LogP contribution in [0.3, 0.4) is 0 Å². The average molecular weight is 678 g/mol. The Hall–Kier alpha value is -6.64. The van der Waals surface area contributed by atoms with Gasteiger partial charge < -0.3 is 9.32 Å². The van der Waals surface area contributed by atoms with Gasteiger partial charge >= 0.3 is 0 Å². The molecule has 10 aromatic rings. The number of nitrogens with zero attached hydrogens (tertiary/aromatic N) is 1. The van der Waals surface area contributed by atoms with E-state index in [1.165, 1.54) is 65.7 Å². The lowest BCUT2D eigenvalue weighted by atomic mass is 9.81. The maximum atomic E-state index is 6.42. The van der Waals surface area contributed by atoms with E-state index in [4.69, 9.17) is 4.42 Å². The van der Waals surface area contributed by atoms with Crippen molar-refractivity contribution >= 4 is 71.3 Å². The molecule has 1 aromatic heterocycles. The SMILES string of the molecule is CC1(C)c2ccc(N(c3ccc(-c4ccccc4)cc3)c3ccc4c(c3)oc3ccccc34)cc2-c2cc3c4ccccc4c4ccccc4c3cc21. The van der Waals surface area contributed by atoms with Gasteiger partial charge in [0.25, 0.3) is 0 Å². The molecule has 0 fully saturated rings. The van der Waals surface area contributed by atoms with Crippen molar-refractivity contribution in [2.24, 2.45) is 0 Å². The van der Waals surface area contributed by atoms with Gasteiger partial charge in [-0.2, -0.15) is 0 Å². The van der Waals surface area contributed by atoms with E-state index in [1.54, 1.807) is 0 Å². The zero-order valence-electron chi connectivity index (χ0n) is 29.6. The first-order chi connectivity index (χ1) is 26.0. The molecule has 0 spiro atoms. The molecule has 2 heteroatoms. The quantitative estimate of drug-likeness (QED) is 0.172. The van der Waals surface area contributed by atoms with Crippen LogP contribution in [0.5, 0.6) is 0 Å². The largest absolute Gasteiger partial charge is 0.456 e. The van der Waals surface area contributed by atoms with Crippen LogP contribution in [0.2, 0.25) is 0 Å². The second-order valence-electron chi connectivity index (χ2n) is 14.9. The minimum atomic E-state index is -0.153. The van der Waals surface area contributed by atoms with Gasteiger partial charge in [-0.25, -0.2) is 0 Å². The van der Waals surface area contributed by atoms with Crippen LogP contribution in [-0.4, -0.2) is 0 Å². The summed E-state index contributed by atoms with van der Waals surface area (Å²) in [5.41, 5.74) is 12.6. The van der Waals surface area contributed by atoms with E-state index in [0.717, 1.165) is 39.0 Å². The van der Waals surface area contributed by atoms with E-state index in [1.807, 2.05) is 12.1 Å². The van der Waals surface area contributed by atoms with Gasteiger partial charge in [-0.05, 0) is 120 Å². The lowest BCUT2D eigenvalue weighted by Gasteiger charge is -2.27. The van der Waals surface area contributed by atoms with Crippen LogP contribution in [0.4, 0.5) is 17.1 Å². The predicted octanol–water partition coefficient (Wildman–Crippen LogP) is 14.5. The Morgan fingerprint density at radius 3 is 1.58 bits per heavy atom. The zero-order chi connectivity index (χ0) is 35.3. The van der Waals surface area contributed by atoms with Gasteiger partial charge in [-0.1, -0.05) is 129 Å². The fourth-order valence-electron chi connectivity index (χ4n) is 9.01. The van der Waals surface area contributed by atoms with Crippen LogP contribution in [0, 0.1) is 0 Å². The first kappa shape index (κ1) is 30.0. The van der Waals surface area contributed by atoms with Crippen molar-refractivity contribution < 1.29 is 4.42 Å². The maximum Gasteiger partial charge on any atom is 0.137 e. The number of furan rings is 1. The second kappa shape index (κ2) is 11.2. The molecule has 0 radical (unpaired) electrons. The van der Waals surface area contributed by atoms with Crippen molar-refractivity contribution in [3.05, 3.63) is 187 Å². The summed E-state index contributed by atoms with van der Waals surface area (Å²) >= 11 is 0. The standard InChI is InChI=1S/C51H35NO/c1-51(2)47-27-25-35(28-45(47)46-30-43-39-16-8-6-14-37(39)38-15-7-9-17-40(38)44(43)31-48(46)51)52(34-22-20-33(21-23-34)32-12-4-3-5-13-32)36-24-26-42-41-18-10-11-19-49(41)53-50(42)29-36/h3-31H,1-2H3. The predicted molar refractivity (Wildman–Crippen MR) is 224 cm³/mol. The number of hydrogen-bond acceptors (Lipinski definition) is 2. The molecule has 0 unspecified atom stereocenters. The molecule has 0 N–H and O–H groups in total. The molecule has 0 bridgehead atoms. The normalized spacial score (nSPS) is 13.2. The Balaban J connectivity index is 1.13. The summed E-state index contributed by atoms with van der Waals surface area (Å²) in [5.74, 6) is 0. The molecular formula is C51H35NO. The number of benzene rings is 9. The summed E-state index contributed by atoms with van der Waals surface area (Å²) in [7, 11) is 0. The topological polar surface area (TPSA) is 16.4 Å². The Labute approximate surface area is 308 Å². The number of fused-ring (bicyclic) bond motifs is 12. The summed E-state index contributed by atoms with van der Waals surface area (Å²) in [6, 6.07) is 64.2. The molecule has 2 nitrogen and oxygen atoms in total. The highest BCUT2D eigenvalue weighted by atomic mass is 16.3. The molecule has 0 aliphatic heterocycles. The molecule has 1 aliphatic carbocycles. The minimum absolute atomic E-state index is 0.153. The smallest absolute Gasteiger partial charge is 0.137 e. The summed E-state index contributed by atoms with van der Waals surface area (Å²) < 4.78 is 6.42. The van der Waals surface area contributed by atoms with E-state index in [9.17, 15) is 0 Å². The highest BCUT2D eigenvalue weighted by Crippen LogP contribution is 2.53. The number of anilines is 3. The third-order valence-corrected chi connectivity index (χ3v) is 11.6. The lowest BCUT2D eigenvalue weighted by Crippen LogP contribution is -2.15. The molecule has 1 heterocycles. The number of rotatable bonds is 4. The van der Waals surface area contributed by atoms with Gasteiger partial charge in [-0.15, -0.1) is 0 Å². The van der Waals surface area contributed by atoms with Crippen LogP contribution >= 0.6 is 0 Å². The molecule has 0 atom stereocenters. The van der Waals surface area contributed by atoms with Crippen molar-refractivity contribution in [2.75, 3.05) is 4.90 Å². The third-order valence-electron chi connectivity index (χ3n) is 11.6. The Morgan fingerprint density at radius 2 is 0.868 bits per heavy atom. The molecule has 53 heavy (non-hydrogen) atoms. The Morgan fingerprint density at radius 1 is 0.358 bits per heavy atom. The van der Waals surface area contributed by atoms with Crippen LogP contribution in [0.1, 0.15) is 25.0 Å². The van der Waals surface area contributed by atoms with Crippen molar-refractivity contribution in [3.63, 3.8) is 0 Å². The van der Waals surface area contributed by atoms with Crippen LogP contribution in [-0.2, 0) is 5.41 Å². The fourth-order valence-corrected chi connectivity index (χ4v) is 9.01. The van der Waals surface area contributed by atoms with Gasteiger partial charge in [0.1, 0.15) is 11.2 Å². The monoisotopic (exact) mass is 677 g/mol. The van der Waals surface area contributed by atoms with E-state index < -0.39 is 0 Å². The van der Waals surface area contributed by atoms with E-state index in [-0.39, 0.29) is 5.41 Å². The van der Waals surface area contributed by atoms with E-state index in [2.05, 4.69) is 183 Å². The Kier molecular flexibility index (Phi) is 6.33. The van der Waals surface area contributed by atoms with Gasteiger partial charge in [0.15, 0.2) is 0 Å². The molecule has 11 rings (SSSR count). The number of hydrogen-bond donors (Lipinski definition) is 0. The van der Waals surface area contributed by atoms with Gasteiger partial charge in [-0.3, -0.25) is 0 Å². The van der Waals surface area contributed by atoms with Gasteiger partial charge in [0, 0.05) is 39.3 Å². The summed E-state index contributed by atoms with van der Waals surface area (Å²) in [5, 5.41) is 10.1. The number of para-hydroxylation sites is 1. The molecule has 0 saturated heterocycles. The maximum absolute atomic E-state index is 6.42. The second-order valence-corrected chi connectivity index (χ2v) is 14.9. The molecular weight excluding hydrogens is 643 g/mol. The van der Waals surface area contributed by atoms with E-state index in [0.29, 0.717) is 0 Å². The lowest BCUT2D eigenvalue weighted by molar-refractivity contribution is 0.661. The fraction of sp³-hybridized carbons (Fsp3) is 0.0588. The van der Waals surface area contributed by atoms with Crippen LogP contribution in [0.15, 0.2) is 180 Å². The first-order valence-electron chi connectivity index (χ1n) is 18.4. The molecule has 9 aromatic carbocycles. The van der Waals surface area contributed by atoms with Crippen LogP contribution in [0.25, 0.3) is 76.5 Å². The molecule has 250 valence electrons. The third kappa shape index (κ3) is 4.45. The summed E-state index contributed by atoms with van der Waals surface area (Å²) in [6.45, 7) is 4.75. The van der Waals surface area contributed by atoms with Crippen molar-refractivity contribution in [2.45, 2.75) is 19.3 Å². The van der Waals surface area contributed by atoms with Crippen molar-refractivity contribution in [1.82, 2.24) is 0 Å². The summed E-state index contributed by atoms with van der Waals surface area (Å²) in [6.07, 6.45) is 0. The highest BCUT2D eigenvalue weighted by molar-refractivity contribution is 6.26. The zero-order valence-corrected chi connectivity index (χ0v) is 29.6. The van der Waals surface area contributed by atoms with E-state index >= 15 is 0 Å². The highest BCUT2D eigenvalue weighted by Gasteiger charge is 2.36. The van der Waals surface area contributed by atoms with Crippen LogP contribution < -0.4 is 4.90 Å². The molecule has 1 aliphatic rings. The molecule has 0 saturated carbocycles.